The van der Waals surface area contributed by atoms with Crippen molar-refractivity contribution < 1.29 is 9.90 Å². The molecule has 10 heteroatoms. The van der Waals surface area contributed by atoms with Gasteiger partial charge in [-0.2, -0.15) is 5.10 Å². The molecule has 2 N–H and O–H groups in total. The summed E-state index contributed by atoms with van der Waals surface area (Å²) in [5, 5.41) is 15.7. The van der Waals surface area contributed by atoms with E-state index in [0.29, 0.717) is 20.7 Å². The molecule has 3 heterocycles. The van der Waals surface area contributed by atoms with Gasteiger partial charge < -0.3 is 5.11 Å². The van der Waals surface area contributed by atoms with E-state index in [1.807, 2.05) is 0 Å². The van der Waals surface area contributed by atoms with Gasteiger partial charge in [0.15, 0.2) is 9.99 Å². The number of fused-ring (bicyclic) bond motifs is 1. The Morgan fingerprint density at radius 3 is 3.05 bits per heavy atom. The van der Waals surface area contributed by atoms with Crippen LogP contribution in [0, 0.1) is 6.92 Å². The molecule has 3 aromatic rings. The number of carboxylic acids is 1. The lowest BCUT2D eigenvalue weighted by atomic mass is 10.4. The summed E-state index contributed by atoms with van der Waals surface area (Å²) in [5.41, 5.74) is 0.559. The van der Waals surface area contributed by atoms with Crippen molar-refractivity contribution in [1.29, 1.82) is 0 Å². The van der Waals surface area contributed by atoms with Gasteiger partial charge in [0.2, 0.25) is 0 Å². The number of carbonyl (C=O) groups is 1. The number of hydrogen-bond acceptors (Lipinski definition) is 7. The Morgan fingerprint density at radius 1 is 1.55 bits per heavy atom. The molecule has 8 nitrogen and oxygen atoms in total. The first-order valence-electron chi connectivity index (χ1n) is 5.36. The molecule has 0 aliphatic rings. The van der Waals surface area contributed by atoms with E-state index in [0.717, 1.165) is 11.3 Å². The molecular weight excluding hydrogens is 302 g/mol. The normalized spacial score (nSPS) is 11.1. The largest absolute Gasteiger partial charge is 0.477 e. The maximum Gasteiger partial charge on any atom is 0.348 e. The highest BCUT2D eigenvalue weighted by atomic mass is 32.2. The molecule has 0 amide bonds. The third-order valence-electron chi connectivity index (χ3n) is 2.45. The SMILES string of the molecule is Cc1nc(Sc2cc3n[nH]c(=O)n3cn2)sc1C(=O)O. The van der Waals surface area contributed by atoms with E-state index in [9.17, 15) is 9.59 Å². The van der Waals surface area contributed by atoms with E-state index >= 15 is 0 Å². The monoisotopic (exact) mass is 309 g/mol. The van der Waals surface area contributed by atoms with E-state index in [4.69, 9.17) is 5.11 Å². The molecule has 0 radical (unpaired) electrons. The minimum Gasteiger partial charge on any atom is -0.477 e. The van der Waals surface area contributed by atoms with Crippen molar-refractivity contribution in [3.05, 3.63) is 33.4 Å². The summed E-state index contributed by atoms with van der Waals surface area (Å²) < 4.78 is 1.86. The van der Waals surface area contributed by atoms with Crippen LogP contribution in [0.1, 0.15) is 15.4 Å². The summed E-state index contributed by atoms with van der Waals surface area (Å²) in [6.07, 6.45) is 1.36. The summed E-state index contributed by atoms with van der Waals surface area (Å²) in [6, 6.07) is 1.62. The summed E-state index contributed by atoms with van der Waals surface area (Å²) >= 11 is 2.32. The number of nitrogens with one attached hydrogen (secondary N) is 1. The molecule has 3 rings (SSSR count). The first-order chi connectivity index (χ1) is 9.54. The average Bonchev–Trinajstić information content (AvgIpc) is 2.94. The van der Waals surface area contributed by atoms with Gasteiger partial charge in [-0.1, -0.05) is 11.3 Å². The van der Waals surface area contributed by atoms with Crippen LogP contribution >= 0.6 is 23.1 Å². The van der Waals surface area contributed by atoms with Crippen LogP contribution in [-0.4, -0.2) is 35.6 Å². The van der Waals surface area contributed by atoms with Crippen LogP contribution in [-0.2, 0) is 0 Å². The van der Waals surface area contributed by atoms with Gasteiger partial charge in [-0.25, -0.2) is 29.1 Å². The predicted octanol–water partition coefficient (Wildman–Crippen LogP) is 1.03. The topological polar surface area (TPSA) is 113 Å². The van der Waals surface area contributed by atoms with Gasteiger partial charge in [0.25, 0.3) is 0 Å². The van der Waals surface area contributed by atoms with Crippen molar-refractivity contribution >= 4 is 34.7 Å². The van der Waals surface area contributed by atoms with Gasteiger partial charge in [0.1, 0.15) is 16.2 Å². The smallest absolute Gasteiger partial charge is 0.348 e. The third kappa shape index (κ3) is 2.18. The second kappa shape index (κ2) is 4.72. The number of thiazole rings is 1. The minimum atomic E-state index is -0.992. The van der Waals surface area contributed by atoms with E-state index in [-0.39, 0.29) is 10.6 Å². The van der Waals surface area contributed by atoms with Crippen molar-refractivity contribution in [3.8, 4) is 0 Å². The van der Waals surface area contributed by atoms with Crippen LogP contribution < -0.4 is 5.69 Å². The molecule has 0 saturated heterocycles. The number of carboxylic acid groups (broad SMARTS) is 1. The van der Waals surface area contributed by atoms with E-state index in [1.54, 1.807) is 13.0 Å². The molecule has 0 aromatic carbocycles. The molecule has 0 fully saturated rings. The Labute approximate surface area is 119 Å². The van der Waals surface area contributed by atoms with E-state index < -0.39 is 5.97 Å². The maximum atomic E-state index is 11.3. The maximum absolute atomic E-state index is 11.3. The summed E-state index contributed by atoms with van der Waals surface area (Å²) in [4.78, 5) is 30.7. The van der Waals surface area contributed by atoms with Gasteiger partial charge in [-0.3, -0.25) is 0 Å². The van der Waals surface area contributed by atoms with Crippen LogP contribution in [0.15, 0.2) is 26.6 Å². The Kier molecular flexibility index (Phi) is 3.03. The van der Waals surface area contributed by atoms with E-state index in [2.05, 4.69) is 20.2 Å². The molecular formula is C10H7N5O3S2. The number of aromatic nitrogens is 5. The van der Waals surface area contributed by atoms with Gasteiger partial charge in [-0.15, -0.1) is 0 Å². The molecule has 0 aliphatic carbocycles. The lowest BCUT2D eigenvalue weighted by molar-refractivity contribution is 0.0701. The minimum absolute atomic E-state index is 0.213. The number of aromatic amines is 1. The van der Waals surface area contributed by atoms with Crippen molar-refractivity contribution in [2.45, 2.75) is 16.3 Å². The molecule has 0 spiro atoms. The first kappa shape index (κ1) is 12.8. The quantitative estimate of drug-likeness (QED) is 0.695. The molecule has 0 atom stereocenters. The zero-order chi connectivity index (χ0) is 14.3. The van der Waals surface area contributed by atoms with Crippen molar-refractivity contribution in [2.75, 3.05) is 0 Å². The Morgan fingerprint density at radius 2 is 2.35 bits per heavy atom. The molecule has 0 saturated carbocycles. The van der Waals surface area contributed by atoms with Crippen LogP contribution in [0.2, 0.25) is 0 Å². The zero-order valence-corrected chi connectivity index (χ0v) is 11.7. The van der Waals surface area contributed by atoms with E-state index in [1.165, 1.54) is 22.5 Å². The molecule has 3 aromatic heterocycles. The fraction of sp³-hybridized carbons (Fsp3) is 0.100. The number of aromatic carboxylic acids is 1. The Balaban J connectivity index is 1.94. The van der Waals surface area contributed by atoms with Gasteiger partial charge in [0, 0.05) is 6.07 Å². The lowest BCUT2D eigenvalue weighted by Gasteiger charge is -1.96. The number of H-pyrrole nitrogens is 1. The van der Waals surface area contributed by atoms with Gasteiger partial charge >= 0.3 is 11.7 Å². The molecule has 0 aliphatic heterocycles. The standard InChI is InChI=1S/C10H7N5O3S2/c1-4-7(8(16)17)20-10(12-4)19-6-2-5-13-14-9(18)15(5)3-11-6/h2-3H,1H3,(H,14,18)(H,16,17). The van der Waals surface area contributed by atoms with Crippen LogP contribution in [0.5, 0.6) is 0 Å². The molecule has 20 heavy (non-hydrogen) atoms. The fourth-order valence-electron chi connectivity index (χ4n) is 1.55. The van der Waals surface area contributed by atoms with Crippen molar-refractivity contribution in [2.24, 2.45) is 0 Å². The van der Waals surface area contributed by atoms with Crippen LogP contribution in [0.3, 0.4) is 0 Å². The van der Waals surface area contributed by atoms with Crippen LogP contribution in [0.4, 0.5) is 0 Å². The summed E-state index contributed by atoms with van der Waals surface area (Å²) in [6.45, 7) is 1.65. The fourth-order valence-corrected chi connectivity index (χ4v) is 3.49. The number of aryl methyl sites for hydroxylation is 1. The van der Waals surface area contributed by atoms with Crippen LogP contribution in [0.25, 0.3) is 5.65 Å². The second-order valence-electron chi connectivity index (χ2n) is 3.79. The second-order valence-corrected chi connectivity index (χ2v) is 6.05. The third-order valence-corrected chi connectivity index (χ3v) is 4.59. The predicted molar refractivity (Wildman–Crippen MR) is 71.5 cm³/mol. The number of rotatable bonds is 3. The van der Waals surface area contributed by atoms with Gasteiger partial charge in [-0.05, 0) is 18.7 Å². The Hall–Kier alpha value is -2.20. The zero-order valence-electron chi connectivity index (χ0n) is 10.0. The lowest BCUT2D eigenvalue weighted by Crippen LogP contribution is -2.09. The highest BCUT2D eigenvalue weighted by Gasteiger charge is 2.15. The average molecular weight is 309 g/mol. The molecule has 0 unspecified atom stereocenters. The number of hydrogen-bond donors (Lipinski definition) is 2. The first-order valence-corrected chi connectivity index (χ1v) is 6.99. The summed E-state index contributed by atoms with van der Waals surface area (Å²) in [7, 11) is 0. The Bertz CT molecular complexity index is 865. The highest BCUT2D eigenvalue weighted by Crippen LogP contribution is 2.31. The highest BCUT2D eigenvalue weighted by molar-refractivity contribution is 8.01. The number of nitrogens with zero attached hydrogens (tertiary/aromatic N) is 4. The molecule has 0 bridgehead atoms. The van der Waals surface area contributed by atoms with Crippen molar-refractivity contribution in [1.82, 2.24) is 24.6 Å². The summed E-state index contributed by atoms with van der Waals surface area (Å²) in [5.74, 6) is -0.992. The van der Waals surface area contributed by atoms with Gasteiger partial charge in [0.05, 0.1) is 5.69 Å². The molecule has 102 valence electrons. The van der Waals surface area contributed by atoms with Crippen molar-refractivity contribution in [3.63, 3.8) is 0 Å².